The Morgan fingerprint density at radius 1 is 1.24 bits per heavy atom. The van der Waals surface area contributed by atoms with E-state index in [1.54, 1.807) is 26.0 Å². The molecule has 1 atom stereocenters. The van der Waals surface area contributed by atoms with Gasteiger partial charge in [-0.25, -0.2) is 4.79 Å². The van der Waals surface area contributed by atoms with Gasteiger partial charge < -0.3 is 10.4 Å². The van der Waals surface area contributed by atoms with Crippen molar-refractivity contribution >= 4 is 23.4 Å². The number of nitrogens with zero attached hydrogens (tertiary/aromatic N) is 2. The average molecular weight is 306 g/mol. The second-order valence-electron chi connectivity index (χ2n) is 4.86. The van der Waals surface area contributed by atoms with E-state index in [0.717, 1.165) is 5.56 Å². The molecule has 0 aliphatic carbocycles. The molecule has 0 radical (unpaired) electrons. The largest absolute Gasteiger partial charge is 0.478 e. The highest BCUT2D eigenvalue weighted by molar-refractivity contribution is 6.30. The Balaban J connectivity index is 2.33. The molecule has 110 valence electrons. The lowest BCUT2D eigenvalue weighted by atomic mass is 10.1. The summed E-state index contributed by atoms with van der Waals surface area (Å²) in [5.74, 6) is -0.746. The first-order valence-electron chi connectivity index (χ1n) is 6.49. The molecule has 1 heterocycles. The lowest BCUT2D eigenvalue weighted by Gasteiger charge is -2.17. The molecule has 21 heavy (non-hydrogen) atoms. The minimum atomic E-state index is -1.02. The van der Waals surface area contributed by atoms with E-state index in [4.69, 9.17) is 11.6 Å². The Hall–Kier alpha value is -2.14. The van der Waals surface area contributed by atoms with Crippen LogP contribution < -0.4 is 5.32 Å². The molecule has 5 nitrogen and oxygen atoms in total. The highest BCUT2D eigenvalue weighted by Gasteiger charge is 2.19. The molecular formula is C15H16ClN3O2. The minimum absolute atomic E-state index is 0.114. The second kappa shape index (κ2) is 6.10. The zero-order valence-corrected chi connectivity index (χ0v) is 12.8. The van der Waals surface area contributed by atoms with Gasteiger partial charge in [-0.3, -0.25) is 0 Å². The molecule has 0 aliphatic heterocycles. The monoisotopic (exact) mass is 305 g/mol. The maximum atomic E-state index is 11.4. The molecule has 1 aromatic heterocycles. The molecule has 2 rings (SSSR count). The van der Waals surface area contributed by atoms with Gasteiger partial charge in [-0.2, -0.15) is 5.10 Å². The number of rotatable bonds is 4. The van der Waals surface area contributed by atoms with Crippen LogP contribution in [-0.2, 0) is 0 Å². The van der Waals surface area contributed by atoms with Gasteiger partial charge >= 0.3 is 5.97 Å². The number of benzene rings is 1. The van der Waals surface area contributed by atoms with E-state index >= 15 is 0 Å². The second-order valence-corrected chi connectivity index (χ2v) is 5.29. The molecule has 0 saturated carbocycles. The van der Waals surface area contributed by atoms with Crippen LogP contribution in [0, 0.1) is 13.8 Å². The Kier molecular flexibility index (Phi) is 4.43. The van der Waals surface area contributed by atoms with Crippen molar-refractivity contribution in [2.45, 2.75) is 26.8 Å². The molecule has 2 aromatic rings. The molecule has 2 N–H and O–H groups in total. The fourth-order valence-corrected chi connectivity index (χ4v) is 2.14. The third-order valence-corrected chi connectivity index (χ3v) is 3.64. The number of anilines is 1. The zero-order chi connectivity index (χ0) is 15.6. The standard InChI is InChI=1S/C15H16ClN3O2/c1-8-9(2)18-19-14(13(8)15(20)21)17-10(3)11-4-6-12(16)7-5-11/h4-7,10H,1-3H3,(H,17,19)(H,20,21). The average Bonchev–Trinajstić information content (AvgIpc) is 2.43. The van der Waals surface area contributed by atoms with Gasteiger partial charge in [0, 0.05) is 5.02 Å². The quantitative estimate of drug-likeness (QED) is 0.902. The molecule has 0 saturated heterocycles. The SMILES string of the molecule is Cc1nnc(NC(C)c2ccc(Cl)cc2)c(C(=O)O)c1C. The highest BCUT2D eigenvalue weighted by Crippen LogP contribution is 2.24. The smallest absolute Gasteiger partial charge is 0.339 e. The maximum absolute atomic E-state index is 11.4. The summed E-state index contributed by atoms with van der Waals surface area (Å²) in [4.78, 5) is 11.4. The van der Waals surface area contributed by atoms with Crippen LogP contribution in [-0.4, -0.2) is 21.3 Å². The predicted molar refractivity (Wildman–Crippen MR) is 82.0 cm³/mol. The normalized spacial score (nSPS) is 12.0. The number of aromatic nitrogens is 2. The zero-order valence-electron chi connectivity index (χ0n) is 12.0. The lowest BCUT2D eigenvalue weighted by Crippen LogP contribution is -2.15. The first-order chi connectivity index (χ1) is 9.90. The summed E-state index contributed by atoms with van der Waals surface area (Å²) < 4.78 is 0. The number of halogens is 1. The van der Waals surface area contributed by atoms with E-state index in [-0.39, 0.29) is 17.4 Å². The first kappa shape index (κ1) is 15.3. The number of carboxylic acid groups (broad SMARTS) is 1. The van der Waals surface area contributed by atoms with E-state index < -0.39 is 5.97 Å². The Morgan fingerprint density at radius 2 is 1.86 bits per heavy atom. The topological polar surface area (TPSA) is 75.1 Å². The Morgan fingerprint density at radius 3 is 2.43 bits per heavy atom. The molecule has 6 heteroatoms. The minimum Gasteiger partial charge on any atom is -0.478 e. The van der Waals surface area contributed by atoms with Crippen LogP contribution >= 0.6 is 11.6 Å². The summed E-state index contributed by atoms with van der Waals surface area (Å²) in [5.41, 5.74) is 2.36. The van der Waals surface area contributed by atoms with Gasteiger partial charge in [0.2, 0.25) is 0 Å². The van der Waals surface area contributed by atoms with Gasteiger partial charge in [0.15, 0.2) is 5.82 Å². The molecule has 0 fully saturated rings. The summed E-state index contributed by atoms with van der Waals surface area (Å²) in [6.07, 6.45) is 0. The van der Waals surface area contributed by atoms with E-state index in [9.17, 15) is 9.90 Å². The van der Waals surface area contributed by atoms with Crippen molar-refractivity contribution in [3.8, 4) is 0 Å². The van der Waals surface area contributed by atoms with Crippen LogP contribution in [0.15, 0.2) is 24.3 Å². The van der Waals surface area contributed by atoms with Crippen molar-refractivity contribution < 1.29 is 9.90 Å². The Labute approximate surface area is 128 Å². The summed E-state index contributed by atoms with van der Waals surface area (Å²) in [5, 5.41) is 21.1. The third-order valence-electron chi connectivity index (χ3n) is 3.39. The number of carbonyl (C=O) groups is 1. The van der Waals surface area contributed by atoms with Crippen LogP contribution in [0.1, 0.15) is 40.1 Å². The van der Waals surface area contributed by atoms with E-state index in [1.807, 2.05) is 19.1 Å². The van der Waals surface area contributed by atoms with Crippen LogP contribution in [0.4, 0.5) is 5.82 Å². The first-order valence-corrected chi connectivity index (χ1v) is 6.87. The molecule has 1 unspecified atom stereocenters. The van der Waals surface area contributed by atoms with Gasteiger partial charge in [-0.15, -0.1) is 5.10 Å². The maximum Gasteiger partial charge on any atom is 0.339 e. The summed E-state index contributed by atoms with van der Waals surface area (Å²) in [6.45, 7) is 5.39. The van der Waals surface area contributed by atoms with Crippen molar-refractivity contribution in [1.82, 2.24) is 10.2 Å². The number of hydrogen-bond donors (Lipinski definition) is 2. The van der Waals surface area contributed by atoms with Crippen molar-refractivity contribution in [3.63, 3.8) is 0 Å². The fraction of sp³-hybridized carbons (Fsp3) is 0.267. The third kappa shape index (κ3) is 3.31. The van der Waals surface area contributed by atoms with Crippen LogP contribution in [0.3, 0.4) is 0 Å². The molecule has 1 aromatic carbocycles. The van der Waals surface area contributed by atoms with Crippen LogP contribution in [0.25, 0.3) is 0 Å². The summed E-state index contributed by atoms with van der Waals surface area (Å²) in [6, 6.07) is 7.24. The molecule has 0 spiro atoms. The van der Waals surface area contributed by atoms with Gasteiger partial charge in [0.25, 0.3) is 0 Å². The lowest BCUT2D eigenvalue weighted by molar-refractivity contribution is 0.0696. The van der Waals surface area contributed by atoms with Gasteiger partial charge in [0.1, 0.15) is 5.56 Å². The number of aromatic carboxylic acids is 1. The predicted octanol–water partition coefficient (Wildman–Crippen LogP) is 3.62. The van der Waals surface area contributed by atoms with E-state index in [1.165, 1.54) is 0 Å². The van der Waals surface area contributed by atoms with E-state index in [0.29, 0.717) is 16.3 Å². The van der Waals surface area contributed by atoms with Crippen LogP contribution in [0.2, 0.25) is 5.02 Å². The Bertz CT molecular complexity index is 671. The van der Waals surface area contributed by atoms with Gasteiger partial charge in [-0.1, -0.05) is 23.7 Å². The van der Waals surface area contributed by atoms with Gasteiger partial charge in [0.05, 0.1) is 11.7 Å². The van der Waals surface area contributed by atoms with Crippen molar-refractivity contribution in [3.05, 3.63) is 51.7 Å². The number of nitrogens with one attached hydrogen (secondary N) is 1. The van der Waals surface area contributed by atoms with Crippen molar-refractivity contribution in [2.24, 2.45) is 0 Å². The van der Waals surface area contributed by atoms with Crippen molar-refractivity contribution in [2.75, 3.05) is 5.32 Å². The molecule has 0 bridgehead atoms. The number of carboxylic acids is 1. The molecule has 0 amide bonds. The number of hydrogen-bond acceptors (Lipinski definition) is 4. The van der Waals surface area contributed by atoms with E-state index in [2.05, 4.69) is 15.5 Å². The summed E-state index contributed by atoms with van der Waals surface area (Å²) in [7, 11) is 0. The van der Waals surface area contributed by atoms with Crippen molar-refractivity contribution in [1.29, 1.82) is 0 Å². The summed E-state index contributed by atoms with van der Waals surface area (Å²) >= 11 is 5.86. The highest BCUT2D eigenvalue weighted by atomic mass is 35.5. The number of aryl methyl sites for hydroxylation is 1. The molecule has 0 aliphatic rings. The fourth-order valence-electron chi connectivity index (χ4n) is 2.01. The molecular weight excluding hydrogens is 290 g/mol. The van der Waals surface area contributed by atoms with Crippen LogP contribution in [0.5, 0.6) is 0 Å². The van der Waals surface area contributed by atoms with Gasteiger partial charge in [-0.05, 0) is 44.0 Å².